The van der Waals surface area contributed by atoms with E-state index < -0.39 is 18.0 Å². The average Bonchev–Trinajstić information content (AvgIpc) is 2.67. The fourth-order valence-corrected chi connectivity index (χ4v) is 2.10. The number of carbonyl (C=O) groups excluding carboxylic acids is 2. The molecular weight excluding hydrogens is 348 g/mol. The first-order chi connectivity index (χ1) is 12.9. The maximum atomic E-state index is 12.1. The van der Waals surface area contributed by atoms with Crippen molar-refractivity contribution >= 4 is 23.6 Å². The molecular formula is C20H18N2O5. The van der Waals surface area contributed by atoms with Crippen LogP contribution in [0, 0.1) is 11.3 Å². The number of nitrogens with one attached hydrogen (secondary N) is 1. The highest BCUT2D eigenvalue weighted by atomic mass is 16.5. The van der Waals surface area contributed by atoms with Crippen molar-refractivity contribution in [1.82, 2.24) is 0 Å². The lowest BCUT2D eigenvalue weighted by molar-refractivity contribution is -0.148. The molecule has 0 fully saturated rings. The summed E-state index contributed by atoms with van der Waals surface area (Å²) in [6.07, 6.45) is 1.65. The van der Waals surface area contributed by atoms with Crippen LogP contribution in [-0.2, 0) is 14.3 Å². The van der Waals surface area contributed by atoms with Crippen LogP contribution in [0.5, 0.6) is 11.5 Å². The van der Waals surface area contributed by atoms with E-state index in [1.807, 2.05) is 6.07 Å². The van der Waals surface area contributed by atoms with Crippen LogP contribution in [-0.4, -0.2) is 30.2 Å². The van der Waals surface area contributed by atoms with Gasteiger partial charge in [-0.05, 0) is 55.0 Å². The van der Waals surface area contributed by atoms with Crippen LogP contribution in [0.1, 0.15) is 18.1 Å². The normalized spacial score (nSPS) is 11.4. The molecule has 0 spiro atoms. The lowest BCUT2D eigenvalue weighted by Gasteiger charge is -2.12. The lowest BCUT2D eigenvalue weighted by Crippen LogP contribution is -2.29. The molecule has 7 nitrogen and oxygen atoms in total. The van der Waals surface area contributed by atoms with E-state index >= 15 is 0 Å². The van der Waals surface area contributed by atoms with Crippen molar-refractivity contribution in [2.24, 2.45) is 0 Å². The fraction of sp³-hybridized carbons (Fsp3) is 0.150. The molecule has 2 N–H and O–H groups in total. The van der Waals surface area contributed by atoms with Gasteiger partial charge in [-0.2, -0.15) is 5.26 Å². The van der Waals surface area contributed by atoms with E-state index in [4.69, 9.17) is 14.7 Å². The standard InChI is InChI=1S/C20H18N2O5/c1-13(20(25)22-16-7-3-15(12-21)4-8-16)27-19(24)10-6-14-5-9-17(23)18(11-14)26-2/h3-11,13,23H,1-2H3,(H,22,25)/b10-6+/t13-/m0/s1. The summed E-state index contributed by atoms with van der Waals surface area (Å²) in [5, 5.41) is 20.9. The molecule has 2 rings (SSSR count). The number of nitrogens with zero attached hydrogens (tertiary/aromatic N) is 1. The van der Waals surface area contributed by atoms with Crippen LogP contribution in [0.4, 0.5) is 5.69 Å². The van der Waals surface area contributed by atoms with Crippen molar-refractivity contribution in [3.05, 3.63) is 59.7 Å². The van der Waals surface area contributed by atoms with Crippen molar-refractivity contribution in [3.8, 4) is 17.6 Å². The zero-order valence-corrected chi connectivity index (χ0v) is 14.8. The van der Waals surface area contributed by atoms with E-state index in [0.717, 1.165) is 0 Å². The topological polar surface area (TPSA) is 109 Å². The van der Waals surface area contributed by atoms with Crippen LogP contribution in [0.2, 0.25) is 0 Å². The Kier molecular flexibility index (Phi) is 6.55. The quantitative estimate of drug-likeness (QED) is 0.601. The van der Waals surface area contributed by atoms with Crippen LogP contribution in [0.3, 0.4) is 0 Å². The third-order valence-electron chi connectivity index (χ3n) is 3.56. The molecule has 0 heterocycles. The minimum Gasteiger partial charge on any atom is -0.504 e. The third-order valence-corrected chi connectivity index (χ3v) is 3.56. The van der Waals surface area contributed by atoms with Gasteiger partial charge >= 0.3 is 5.97 Å². The molecule has 0 unspecified atom stereocenters. The number of aromatic hydroxyl groups is 1. The van der Waals surface area contributed by atoms with Gasteiger partial charge in [-0.1, -0.05) is 6.07 Å². The molecule has 0 saturated heterocycles. The summed E-state index contributed by atoms with van der Waals surface area (Å²) in [6.45, 7) is 1.45. The van der Waals surface area contributed by atoms with Crippen molar-refractivity contribution in [2.75, 3.05) is 12.4 Å². The first kappa shape index (κ1) is 19.5. The molecule has 1 amide bonds. The van der Waals surface area contributed by atoms with E-state index in [9.17, 15) is 14.7 Å². The number of benzene rings is 2. The van der Waals surface area contributed by atoms with E-state index in [-0.39, 0.29) is 11.5 Å². The van der Waals surface area contributed by atoms with Crippen molar-refractivity contribution < 1.29 is 24.2 Å². The van der Waals surface area contributed by atoms with Gasteiger partial charge in [0, 0.05) is 11.8 Å². The number of nitriles is 1. The second-order valence-electron chi connectivity index (χ2n) is 5.52. The Bertz CT molecular complexity index is 898. The van der Waals surface area contributed by atoms with Crippen molar-refractivity contribution in [1.29, 1.82) is 5.26 Å². The van der Waals surface area contributed by atoms with E-state index in [1.165, 1.54) is 32.3 Å². The molecule has 0 saturated carbocycles. The molecule has 7 heteroatoms. The highest BCUT2D eigenvalue weighted by molar-refractivity contribution is 5.96. The Morgan fingerprint density at radius 2 is 1.93 bits per heavy atom. The van der Waals surface area contributed by atoms with Gasteiger partial charge in [-0.15, -0.1) is 0 Å². The van der Waals surface area contributed by atoms with Crippen LogP contribution >= 0.6 is 0 Å². The fourth-order valence-electron chi connectivity index (χ4n) is 2.10. The van der Waals surface area contributed by atoms with Crippen molar-refractivity contribution in [2.45, 2.75) is 13.0 Å². The molecule has 1 atom stereocenters. The van der Waals surface area contributed by atoms with Gasteiger partial charge in [-0.25, -0.2) is 4.79 Å². The van der Waals surface area contributed by atoms with E-state index in [1.54, 1.807) is 36.4 Å². The summed E-state index contributed by atoms with van der Waals surface area (Å²) < 4.78 is 10.0. The maximum Gasteiger partial charge on any atom is 0.331 e. The van der Waals surface area contributed by atoms with Crippen LogP contribution in [0.25, 0.3) is 6.08 Å². The SMILES string of the molecule is COc1cc(/C=C/C(=O)O[C@@H](C)C(=O)Nc2ccc(C#N)cc2)ccc1O. The number of anilines is 1. The summed E-state index contributed by atoms with van der Waals surface area (Å²) in [6, 6.07) is 12.9. The molecule has 0 aliphatic carbocycles. The van der Waals surface area contributed by atoms with Gasteiger partial charge in [0.15, 0.2) is 17.6 Å². The molecule has 0 aromatic heterocycles. The van der Waals surface area contributed by atoms with Gasteiger partial charge in [0.05, 0.1) is 18.7 Å². The Balaban J connectivity index is 1.92. The second-order valence-corrected chi connectivity index (χ2v) is 5.52. The molecule has 0 bridgehead atoms. The van der Waals surface area contributed by atoms with Crippen LogP contribution in [0.15, 0.2) is 48.5 Å². The first-order valence-corrected chi connectivity index (χ1v) is 7.99. The summed E-state index contributed by atoms with van der Waals surface area (Å²) in [4.78, 5) is 24.0. The van der Waals surface area contributed by atoms with E-state index in [0.29, 0.717) is 16.8 Å². The minimum atomic E-state index is -1.01. The smallest absolute Gasteiger partial charge is 0.331 e. The summed E-state index contributed by atoms with van der Waals surface area (Å²) in [5.41, 5.74) is 1.59. The number of phenols is 1. The second kappa shape index (κ2) is 9.06. The number of ether oxygens (including phenoxy) is 2. The number of hydrogen-bond donors (Lipinski definition) is 2. The number of esters is 1. The molecule has 0 aliphatic heterocycles. The highest BCUT2D eigenvalue weighted by Crippen LogP contribution is 2.26. The molecule has 2 aromatic rings. The predicted molar refractivity (Wildman–Crippen MR) is 99.0 cm³/mol. The highest BCUT2D eigenvalue weighted by Gasteiger charge is 2.16. The van der Waals surface area contributed by atoms with Gasteiger partial charge < -0.3 is 19.9 Å². The Morgan fingerprint density at radius 1 is 1.22 bits per heavy atom. The monoisotopic (exact) mass is 366 g/mol. The van der Waals surface area contributed by atoms with E-state index in [2.05, 4.69) is 5.32 Å². The Hall–Kier alpha value is -3.79. The predicted octanol–water partition coefficient (Wildman–Crippen LogP) is 2.86. The lowest BCUT2D eigenvalue weighted by atomic mass is 10.2. The Labute approximate surface area is 156 Å². The molecule has 138 valence electrons. The molecule has 2 aromatic carbocycles. The zero-order valence-electron chi connectivity index (χ0n) is 14.8. The number of phenolic OH excluding ortho intramolecular Hbond substituents is 1. The zero-order chi connectivity index (χ0) is 19.8. The summed E-state index contributed by atoms with van der Waals surface area (Å²) in [7, 11) is 1.42. The summed E-state index contributed by atoms with van der Waals surface area (Å²) in [5.74, 6) is -0.914. The largest absolute Gasteiger partial charge is 0.504 e. The Morgan fingerprint density at radius 3 is 2.56 bits per heavy atom. The molecule has 27 heavy (non-hydrogen) atoms. The van der Waals surface area contributed by atoms with Gasteiger partial charge in [0.25, 0.3) is 5.91 Å². The van der Waals surface area contributed by atoms with Crippen LogP contribution < -0.4 is 10.1 Å². The number of carbonyl (C=O) groups is 2. The minimum absolute atomic E-state index is 0.00896. The maximum absolute atomic E-state index is 12.1. The van der Waals surface area contributed by atoms with Crippen molar-refractivity contribution in [3.63, 3.8) is 0 Å². The van der Waals surface area contributed by atoms with Gasteiger partial charge in [0.1, 0.15) is 0 Å². The summed E-state index contributed by atoms with van der Waals surface area (Å²) >= 11 is 0. The molecule has 0 radical (unpaired) electrons. The molecule has 0 aliphatic rings. The first-order valence-electron chi connectivity index (χ1n) is 7.99. The van der Waals surface area contributed by atoms with Gasteiger partial charge in [-0.3, -0.25) is 4.79 Å². The van der Waals surface area contributed by atoms with Gasteiger partial charge in [0.2, 0.25) is 0 Å². The number of hydrogen-bond acceptors (Lipinski definition) is 6. The number of amides is 1. The average molecular weight is 366 g/mol. The number of rotatable bonds is 6. The third kappa shape index (κ3) is 5.61. The number of methoxy groups -OCH3 is 1.